The first-order chi connectivity index (χ1) is 9.85. The van der Waals surface area contributed by atoms with Crippen molar-refractivity contribution in [2.45, 2.75) is 12.5 Å². The Labute approximate surface area is 117 Å². The molecule has 0 aliphatic heterocycles. The highest BCUT2D eigenvalue weighted by Gasteiger charge is 2.12. The molecule has 0 spiro atoms. The lowest BCUT2D eigenvalue weighted by Gasteiger charge is -2.14. The van der Waals surface area contributed by atoms with Crippen LogP contribution in [0.25, 0.3) is 11.1 Å². The molecule has 0 saturated heterocycles. The van der Waals surface area contributed by atoms with Crippen molar-refractivity contribution in [2.75, 3.05) is 11.9 Å². The lowest BCUT2D eigenvalue weighted by atomic mass is 10.1. The van der Waals surface area contributed by atoms with E-state index >= 15 is 0 Å². The molecule has 3 aromatic rings. The van der Waals surface area contributed by atoms with Gasteiger partial charge in [0.2, 0.25) is 0 Å². The van der Waals surface area contributed by atoms with E-state index in [4.69, 9.17) is 4.42 Å². The molecule has 102 valence electrons. The number of oxazole rings is 1. The first kappa shape index (κ1) is 12.7. The van der Waals surface area contributed by atoms with Crippen LogP contribution in [0.2, 0.25) is 0 Å². The smallest absolute Gasteiger partial charge is 0.295 e. The highest BCUT2D eigenvalue weighted by molar-refractivity contribution is 5.74. The van der Waals surface area contributed by atoms with Gasteiger partial charge in [-0.25, -0.2) is 0 Å². The van der Waals surface area contributed by atoms with Crippen molar-refractivity contribution >= 4 is 17.1 Å². The predicted octanol–water partition coefficient (Wildman–Crippen LogP) is 2.84. The number of hydrogen-bond donors (Lipinski definition) is 2. The number of rotatable bonds is 5. The summed E-state index contributed by atoms with van der Waals surface area (Å²) in [5.74, 6) is 0. The van der Waals surface area contributed by atoms with Crippen LogP contribution in [0, 0.1) is 0 Å². The van der Waals surface area contributed by atoms with Crippen LogP contribution in [-0.4, -0.2) is 22.7 Å². The van der Waals surface area contributed by atoms with Crippen LogP contribution in [0.3, 0.4) is 0 Å². The first-order valence-corrected chi connectivity index (χ1v) is 6.62. The summed E-state index contributed by atoms with van der Waals surface area (Å²) < 4.78 is 5.60. The minimum Gasteiger partial charge on any atom is -0.424 e. The van der Waals surface area contributed by atoms with Gasteiger partial charge in [-0.1, -0.05) is 42.5 Å². The van der Waals surface area contributed by atoms with E-state index in [2.05, 4.69) is 10.3 Å². The number of nitrogens with one attached hydrogen (secondary N) is 1. The molecule has 1 aromatic heterocycles. The Morgan fingerprint density at radius 1 is 1.05 bits per heavy atom. The molecule has 0 aliphatic carbocycles. The van der Waals surface area contributed by atoms with Crippen molar-refractivity contribution in [3.63, 3.8) is 0 Å². The zero-order chi connectivity index (χ0) is 13.8. The van der Waals surface area contributed by atoms with E-state index in [0.29, 0.717) is 6.01 Å². The van der Waals surface area contributed by atoms with E-state index in [-0.39, 0.29) is 12.6 Å². The molecule has 1 atom stereocenters. The second-order valence-corrected chi connectivity index (χ2v) is 4.70. The second-order valence-electron chi connectivity index (χ2n) is 4.70. The van der Waals surface area contributed by atoms with Gasteiger partial charge in [0.25, 0.3) is 6.01 Å². The molecule has 4 heteroatoms. The van der Waals surface area contributed by atoms with Gasteiger partial charge in [-0.3, -0.25) is 0 Å². The summed E-state index contributed by atoms with van der Waals surface area (Å²) in [4.78, 5) is 4.35. The Morgan fingerprint density at radius 2 is 1.80 bits per heavy atom. The summed E-state index contributed by atoms with van der Waals surface area (Å²) in [6.07, 6.45) is 0.718. The molecular weight excluding hydrogens is 252 g/mol. The quantitative estimate of drug-likeness (QED) is 0.747. The third-order valence-corrected chi connectivity index (χ3v) is 3.17. The largest absolute Gasteiger partial charge is 0.424 e. The van der Waals surface area contributed by atoms with E-state index in [9.17, 15) is 5.11 Å². The van der Waals surface area contributed by atoms with Crippen LogP contribution >= 0.6 is 0 Å². The molecular formula is C16H16N2O2. The molecule has 1 heterocycles. The summed E-state index contributed by atoms with van der Waals surface area (Å²) in [5, 5.41) is 12.6. The van der Waals surface area contributed by atoms with Crippen LogP contribution < -0.4 is 5.32 Å². The van der Waals surface area contributed by atoms with E-state index in [1.54, 1.807) is 0 Å². The van der Waals surface area contributed by atoms with Crippen LogP contribution in [0.4, 0.5) is 6.01 Å². The maximum absolute atomic E-state index is 9.49. The third kappa shape index (κ3) is 2.81. The minimum atomic E-state index is -0.120. The van der Waals surface area contributed by atoms with E-state index < -0.39 is 0 Å². The Morgan fingerprint density at radius 3 is 2.55 bits per heavy atom. The SMILES string of the molecule is OCC(Cc1ccccc1)Nc1nc2ccccc2o1. The fraction of sp³-hybridized carbons (Fsp3) is 0.188. The van der Waals surface area contributed by atoms with Crippen LogP contribution in [0.1, 0.15) is 5.56 Å². The molecule has 0 aliphatic rings. The van der Waals surface area contributed by atoms with Crippen molar-refractivity contribution in [3.8, 4) is 0 Å². The third-order valence-electron chi connectivity index (χ3n) is 3.17. The molecule has 3 rings (SSSR count). The van der Waals surface area contributed by atoms with Gasteiger partial charge in [-0.2, -0.15) is 4.98 Å². The van der Waals surface area contributed by atoms with Crippen molar-refractivity contribution in [1.29, 1.82) is 0 Å². The Hall–Kier alpha value is -2.33. The Balaban J connectivity index is 1.74. The molecule has 1 unspecified atom stereocenters. The fourth-order valence-electron chi connectivity index (χ4n) is 2.17. The van der Waals surface area contributed by atoms with Gasteiger partial charge in [-0.05, 0) is 24.1 Å². The van der Waals surface area contributed by atoms with Crippen LogP contribution in [0.15, 0.2) is 59.0 Å². The molecule has 0 radical (unpaired) electrons. The second kappa shape index (κ2) is 5.75. The maximum Gasteiger partial charge on any atom is 0.295 e. The van der Waals surface area contributed by atoms with Gasteiger partial charge >= 0.3 is 0 Å². The fourth-order valence-corrected chi connectivity index (χ4v) is 2.17. The highest BCUT2D eigenvalue weighted by Crippen LogP contribution is 2.19. The van der Waals surface area contributed by atoms with Crippen LogP contribution in [-0.2, 0) is 6.42 Å². The maximum atomic E-state index is 9.49. The molecule has 0 fully saturated rings. The van der Waals surface area contributed by atoms with Gasteiger partial charge in [-0.15, -0.1) is 0 Å². The average molecular weight is 268 g/mol. The van der Waals surface area contributed by atoms with Crippen molar-refractivity contribution in [1.82, 2.24) is 4.98 Å². The Kier molecular flexibility index (Phi) is 3.65. The predicted molar refractivity (Wildman–Crippen MR) is 78.7 cm³/mol. The molecule has 2 N–H and O–H groups in total. The number of aliphatic hydroxyl groups excluding tert-OH is 1. The van der Waals surface area contributed by atoms with Gasteiger partial charge in [0.1, 0.15) is 5.52 Å². The zero-order valence-electron chi connectivity index (χ0n) is 11.0. The molecule has 2 aromatic carbocycles. The van der Waals surface area contributed by atoms with Gasteiger partial charge in [0.05, 0.1) is 12.6 Å². The number of aromatic nitrogens is 1. The molecule has 20 heavy (non-hydrogen) atoms. The number of anilines is 1. The molecule has 0 amide bonds. The lowest BCUT2D eigenvalue weighted by molar-refractivity contribution is 0.272. The monoisotopic (exact) mass is 268 g/mol. The van der Waals surface area contributed by atoms with Crippen molar-refractivity contribution in [3.05, 3.63) is 60.2 Å². The van der Waals surface area contributed by atoms with Crippen molar-refractivity contribution in [2.24, 2.45) is 0 Å². The Bertz CT molecular complexity index is 646. The van der Waals surface area contributed by atoms with E-state index in [1.165, 1.54) is 0 Å². The number of benzene rings is 2. The number of para-hydroxylation sites is 2. The van der Waals surface area contributed by atoms with E-state index in [1.807, 2.05) is 54.6 Å². The number of hydrogen-bond acceptors (Lipinski definition) is 4. The van der Waals surface area contributed by atoms with Gasteiger partial charge < -0.3 is 14.8 Å². The topological polar surface area (TPSA) is 58.3 Å². The summed E-state index contributed by atoms with van der Waals surface area (Å²) >= 11 is 0. The number of aliphatic hydroxyl groups is 1. The van der Waals surface area contributed by atoms with Crippen LogP contribution in [0.5, 0.6) is 0 Å². The normalized spacial score (nSPS) is 12.4. The lowest BCUT2D eigenvalue weighted by Crippen LogP contribution is -2.26. The van der Waals surface area contributed by atoms with Gasteiger partial charge in [0, 0.05) is 0 Å². The minimum absolute atomic E-state index is 0.0214. The summed E-state index contributed by atoms with van der Waals surface area (Å²) in [6, 6.07) is 18.0. The number of fused-ring (bicyclic) bond motifs is 1. The van der Waals surface area contributed by atoms with E-state index in [0.717, 1.165) is 23.1 Å². The molecule has 0 bridgehead atoms. The highest BCUT2D eigenvalue weighted by atomic mass is 16.4. The zero-order valence-corrected chi connectivity index (χ0v) is 11.0. The molecule has 0 saturated carbocycles. The standard InChI is InChI=1S/C16H16N2O2/c19-11-13(10-12-6-2-1-3-7-12)17-16-18-14-8-4-5-9-15(14)20-16/h1-9,13,19H,10-11H2,(H,17,18). The molecule has 4 nitrogen and oxygen atoms in total. The van der Waals surface area contributed by atoms with Gasteiger partial charge in [0.15, 0.2) is 5.58 Å². The summed E-state index contributed by atoms with van der Waals surface area (Å²) in [7, 11) is 0. The van der Waals surface area contributed by atoms with Crippen molar-refractivity contribution < 1.29 is 9.52 Å². The summed E-state index contributed by atoms with van der Waals surface area (Å²) in [5.41, 5.74) is 2.72. The average Bonchev–Trinajstić information content (AvgIpc) is 2.90. The first-order valence-electron chi connectivity index (χ1n) is 6.62. The number of nitrogens with zero attached hydrogens (tertiary/aromatic N) is 1. The summed E-state index contributed by atoms with van der Waals surface area (Å²) in [6.45, 7) is 0.0214.